The average Bonchev–Trinajstić information content (AvgIpc) is 3.11. The molecule has 4 unspecified atom stereocenters. The number of nitrogens with zero attached hydrogens (tertiary/aromatic N) is 1. The fourth-order valence-corrected chi connectivity index (χ4v) is 3.93. The van der Waals surface area contributed by atoms with E-state index in [1.807, 2.05) is 0 Å². The van der Waals surface area contributed by atoms with Crippen molar-refractivity contribution in [1.82, 2.24) is 4.98 Å². The summed E-state index contributed by atoms with van der Waals surface area (Å²) in [4.78, 5) is 16.8. The molecule has 0 saturated carbocycles. The molecule has 1 aromatic carbocycles. The van der Waals surface area contributed by atoms with E-state index in [0.717, 1.165) is 31.3 Å². The molecule has 1 saturated heterocycles. The van der Waals surface area contributed by atoms with Crippen LogP contribution < -0.4 is 10.1 Å². The highest BCUT2D eigenvalue weighted by atomic mass is 35.5. The lowest BCUT2D eigenvalue weighted by molar-refractivity contribution is -0.274. The number of hydrogen-bond donors (Lipinski definition) is 3. The SMILES string of the molecule is CC1(C(F)(F)F)CC(c2ccc(OC(F)(F)F)cc2Cl)C(C(=O)Nc2ccc(C(O)CO)nc2)O1. The fourth-order valence-electron chi connectivity index (χ4n) is 3.62. The largest absolute Gasteiger partial charge is 0.573 e. The molecule has 1 amide bonds. The van der Waals surface area contributed by atoms with E-state index in [9.17, 15) is 36.2 Å². The van der Waals surface area contributed by atoms with Gasteiger partial charge >= 0.3 is 12.5 Å². The molecule has 0 radical (unpaired) electrons. The van der Waals surface area contributed by atoms with Crippen LogP contribution in [-0.4, -0.2) is 52.0 Å². The van der Waals surface area contributed by atoms with Crippen molar-refractivity contribution in [3.63, 3.8) is 0 Å². The van der Waals surface area contributed by atoms with Crippen molar-refractivity contribution in [3.05, 3.63) is 52.8 Å². The number of benzene rings is 1. The molecule has 0 spiro atoms. The monoisotopic (exact) mass is 528 g/mol. The molecule has 35 heavy (non-hydrogen) atoms. The number of rotatable bonds is 6. The number of aliphatic hydroxyl groups excluding tert-OH is 2. The van der Waals surface area contributed by atoms with Crippen LogP contribution in [0, 0.1) is 0 Å². The zero-order valence-corrected chi connectivity index (χ0v) is 18.6. The predicted molar refractivity (Wildman–Crippen MR) is 110 cm³/mol. The molecule has 1 fully saturated rings. The van der Waals surface area contributed by atoms with Gasteiger partial charge in [0.2, 0.25) is 0 Å². The number of ether oxygens (including phenoxy) is 2. The van der Waals surface area contributed by atoms with E-state index in [1.54, 1.807) is 0 Å². The Balaban J connectivity index is 1.89. The van der Waals surface area contributed by atoms with E-state index >= 15 is 0 Å². The first-order chi connectivity index (χ1) is 16.1. The van der Waals surface area contributed by atoms with Crippen LogP contribution in [-0.2, 0) is 9.53 Å². The summed E-state index contributed by atoms with van der Waals surface area (Å²) in [7, 11) is 0. The van der Waals surface area contributed by atoms with Gasteiger partial charge in [-0.05, 0) is 43.2 Å². The molecule has 2 heterocycles. The summed E-state index contributed by atoms with van der Waals surface area (Å²) >= 11 is 6.07. The zero-order chi connectivity index (χ0) is 26.2. The van der Waals surface area contributed by atoms with Crippen LogP contribution in [0.2, 0.25) is 5.02 Å². The summed E-state index contributed by atoms with van der Waals surface area (Å²) in [6.45, 7) is 0.162. The second-order valence-corrected chi connectivity index (χ2v) is 8.38. The number of hydrogen-bond acceptors (Lipinski definition) is 6. The number of halogens is 7. The van der Waals surface area contributed by atoms with Gasteiger partial charge in [-0.1, -0.05) is 17.7 Å². The van der Waals surface area contributed by atoms with Gasteiger partial charge in [-0.2, -0.15) is 13.2 Å². The molecule has 0 aliphatic carbocycles. The molecule has 3 N–H and O–H groups in total. The molecule has 0 bridgehead atoms. The molecular weight excluding hydrogens is 510 g/mol. The van der Waals surface area contributed by atoms with Crippen LogP contribution in [0.25, 0.3) is 0 Å². The second kappa shape index (κ2) is 9.80. The Labute approximate surface area is 199 Å². The average molecular weight is 529 g/mol. The molecule has 14 heteroatoms. The van der Waals surface area contributed by atoms with Crippen molar-refractivity contribution in [1.29, 1.82) is 0 Å². The van der Waals surface area contributed by atoms with Crippen LogP contribution in [0.5, 0.6) is 5.75 Å². The Morgan fingerprint density at radius 2 is 1.97 bits per heavy atom. The Kier molecular flexibility index (Phi) is 7.56. The van der Waals surface area contributed by atoms with Gasteiger partial charge in [0.25, 0.3) is 5.91 Å². The van der Waals surface area contributed by atoms with Gasteiger partial charge in [-0.25, -0.2) is 0 Å². The first-order valence-corrected chi connectivity index (χ1v) is 10.4. The zero-order valence-electron chi connectivity index (χ0n) is 17.8. The first-order valence-electron chi connectivity index (χ1n) is 9.99. The summed E-state index contributed by atoms with van der Waals surface area (Å²) in [6.07, 6.45) is -12.5. The van der Waals surface area contributed by atoms with Crippen molar-refractivity contribution < 1.29 is 50.8 Å². The van der Waals surface area contributed by atoms with Crippen LogP contribution >= 0.6 is 11.6 Å². The number of nitrogens with one attached hydrogen (secondary N) is 1. The maximum atomic E-state index is 13.7. The highest BCUT2D eigenvalue weighted by molar-refractivity contribution is 6.31. The van der Waals surface area contributed by atoms with Gasteiger partial charge in [-0.15, -0.1) is 13.2 Å². The Bertz CT molecular complexity index is 1070. The van der Waals surface area contributed by atoms with Crippen LogP contribution in [0.3, 0.4) is 0 Å². The van der Waals surface area contributed by atoms with Crippen LogP contribution in [0.15, 0.2) is 36.5 Å². The molecule has 1 aliphatic rings. The van der Waals surface area contributed by atoms with E-state index in [1.165, 1.54) is 12.1 Å². The van der Waals surface area contributed by atoms with Gasteiger partial charge in [0, 0.05) is 10.9 Å². The summed E-state index contributed by atoms with van der Waals surface area (Å²) in [5.74, 6) is -2.93. The highest BCUT2D eigenvalue weighted by Crippen LogP contribution is 2.51. The summed E-state index contributed by atoms with van der Waals surface area (Å²) in [5, 5.41) is 20.5. The molecule has 1 aliphatic heterocycles. The van der Waals surface area contributed by atoms with E-state index in [4.69, 9.17) is 21.4 Å². The van der Waals surface area contributed by atoms with Gasteiger partial charge < -0.3 is 25.0 Å². The Morgan fingerprint density at radius 3 is 2.49 bits per heavy atom. The van der Waals surface area contributed by atoms with E-state index in [0.29, 0.717) is 0 Å². The first kappa shape index (κ1) is 27.0. The lowest BCUT2D eigenvalue weighted by Gasteiger charge is -2.27. The van der Waals surface area contributed by atoms with Crippen LogP contribution in [0.4, 0.5) is 32.0 Å². The highest BCUT2D eigenvalue weighted by Gasteiger charge is 2.61. The molecule has 2 aromatic rings. The van der Waals surface area contributed by atoms with Crippen molar-refractivity contribution in [2.75, 3.05) is 11.9 Å². The van der Waals surface area contributed by atoms with Crippen LogP contribution in [0.1, 0.15) is 36.6 Å². The maximum Gasteiger partial charge on any atom is 0.573 e. The number of anilines is 1. The van der Waals surface area contributed by atoms with Gasteiger partial charge in [0.1, 0.15) is 18.0 Å². The number of carbonyl (C=O) groups excluding carboxylic acids is 1. The molecule has 192 valence electrons. The third-order valence-electron chi connectivity index (χ3n) is 5.39. The number of aliphatic hydroxyl groups is 2. The van der Waals surface area contributed by atoms with E-state index < -0.39 is 60.9 Å². The Hall–Kier alpha value is -2.61. The summed E-state index contributed by atoms with van der Waals surface area (Å²) in [6, 6.07) is 5.31. The van der Waals surface area contributed by atoms with Gasteiger partial charge in [-0.3, -0.25) is 9.78 Å². The quantitative estimate of drug-likeness (QED) is 0.478. The summed E-state index contributed by atoms with van der Waals surface area (Å²) < 4.78 is 87.5. The minimum Gasteiger partial charge on any atom is -0.406 e. The predicted octanol–water partition coefficient (Wildman–Crippen LogP) is 4.49. The molecule has 4 atom stereocenters. The molecular formula is C21H19ClF6N2O5. The standard InChI is InChI=1S/C21H19ClF6N2O5/c1-19(20(23,24)25)7-13(12-4-3-11(6-14(12)22)34-21(26,27)28)17(35-19)18(33)30-10-2-5-15(29-8-10)16(32)9-31/h2-6,8,13,16-17,31-32H,7,9H2,1H3,(H,30,33). The lowest BCUT2D eigenvalue weighted by Crippen LogP contribution is -2.43. The Morgan fingerprint density at radius 1 is 1.29 bits per heavy atom. The topological polar surface area (TPSA) is 101 Å². The van der Waals surface area contributed by atoms with Crippen molar-refractivity contribution in [2.24, 2.45) is 0 Å². The van der Waals surface area contributed by atoms with Crippen molar-refractivity contribution in [3.8, 4) is 5.75 Å². The fraction of sp³-hybridized carbons (Fsp3) is 0.429. The van der Waals surface area contributed by atoms with Crippen molar-refractivity contribution >= 4 is 23.2 Å². The van der Waals surface area contributed by atoms with Gasteiger partial charge in [0.05, 0.1) is 24.2 Å². The third kappa shape index (κ3) is 6.15. The number of alkyl halides is 6. The minimum absolute atomic E-state index is 0.0335. The number of pyridine rings is 1. The van der Waals surface area contributed by atoms with Crippen molar-refractivity contribution in [2.45, 2.75) is 49.6 Å². The van der Waals surface area contributed by atoms with E-state index in [-0.39, 0.29) is 22.0 Å². The maximum absolute atomic E-state index is 13.7. The minimum atomic E-state index is -5.00. The smallest absolute Gasteiger partial charge is 0.406 e. The molecule has 3 rings (SSSR count). The summed E-state index contributed by atoms with van der Waals surface area (Å²) in [5.41, 5.74) is -2.61. The third-order valence-corrected chi connectivity index (χ3v) is 5.72. The van der Waals surface area contributed by atoms with Gasteiger partial charge in [0.15, 0.2) is 5.60 Å². The molecule has 7 nitrogen and oxygen atoms in total. The lowest BCUT2D eigenvalue weighted by atomic mass is 9.86. The number of aromatic nitrogens is 1. The number of carbonyl (C=O) groups is 1. The number of amides is 1. The molecule has 1 aromatic heterocycles. The normalized spacial score (nSPS) is 23.7. The second-order valence-electron chi connectivity index (χ2n) is 7.97. The van der Waals surface area contributed by atoms with E-state index in [2.05, 4.69) is 15.0 Å².